The van der Waals surface area contributed by atoms with Crippen LogP contribution in [-0.2, 0) is 0 Å². The minimum atomic E-state index is 0.206. The summed E-state index contributed by atoms with van der Waals surface area (Å²) in [4.78, 5) is 2.39. The maximum Gasteiger partial charge on any atom is 0.284 e. The molecule has 0 bridgehead atoms. The van der Waals surface area contributed by atoms with Crippen molar-refractivity contribution in [2.24, 2.45) is 0 Å². The van der Waals surface area contributed by atoms with E-state index >= 15 is 0 Å². The zero-order valence-corrected chi connectivity index (χ0v) is 8.31. The minimum Gasteiger partial charge on any atom is -0.412 e. The second-order valence-electron chi connectivity index (χ2n) is 2.84. The molecule has 0 aliphatic rings. The standard InChI is InChI=1S/C7H13N3OS/c1-4-5(10(2)3)6-8-9-7(12)11-6/h5H,4H2,1-3H3,(H,9,12). The third kappa shape index (κ3) is 1.92. The van der Waals surface area contributed by atoms with Crippen molar-refractivity contribution >= 4 is 12.2 Å². The molecule has 12 heavy (non-hydrogen) atoms. The maximum absolute atomic E-state index is 5.20. The van der Waals surface area contributed by atoms with E-state index in [0.717, 1.165) is 6.42 Å². The Morgan fingerprint density at radius 1 is 1.67 bits per heavy atom. The molecule has 0 saturated heterocycles. The van der Waals surface area contributed by atoms with Gasteiger partial charge < -0.3 is 4.42 Å². The smallest absolute Gasteiger partial charge is 0.284 e. The Bertz CT molecular complexity index is 291. The molecule has 0 saturated carbocycles. The van der Waals surface area contributed by atoms with E-state index in [1.807, 2.05) is 14.1 Å². The number of rotatable bonds is 3. The van der Waals surface area contributed by atoms with E-state index in [1.54, 1.807) is 0 Å². The van der Waals surface area contributed by atoms with Gasteiger partial charge in [0.05, 0.1) is 6.04 Å². The monoisotopic (exact) mass is 187 g/mol. The van der Waals surface area contributed by atoms with E-state index in [9.17, 15) is 0 Å². The number of nitrogens with one attached hydrogen (secondary N) is 1. The maximum atomic E-state index is 5.20. The summed E-state index contributed by atoms with van der Waals surface area (Å²) in [5.74, 6) is 0.660. The largest absolute Gasteiger partial charge is 0.412 e. The Morgan fingerprint density at radius 3 is 2.67 bits per heavy atom. The molecule has 1 N–H and O–H groups in total. The SMILES string of the molecule is CCC(c1n[nH]c(=S)o1)N(C)C. The van der Waals surface area contributed by atoms with Crippen molar-refractivity contribution in [3.05, 3.63) is 10.7 Å². The summed E-state index contributed by atoms with van der Waals surface area (Å²) in [7, 11) is 3.98. The van der Waals surface area contributed by atoms with Gasteiger partial charge in [0.15, 0.2) is 0 Å². The predicted octanol–water partition coefficient (Wildman–Crippen LogP) is 1.74. The van der Waals surface area contributed by atoms with Gasteiger partial charge in [-0.3, -0.25) is 4.90 Å². The first kappa shape index (κ1) is 9.41. The first-order chi connectivity index (χ1) is 5.65. The number of H-pyrrole nitrogens is 1. The molecule has 1 aromatic heterocycles. The molecule has 4 nitrogen and oxygen atoms in total. The van der Waals surface area contributed by atoms with E-state index in [-0.39, 0.29) is 6.04 Å². The van der Waals surface area contributed by atoms with E-state index in [0.29, 0.717) is 10.7 Å². The van der Waals surface area contributed by atoms with E-state index in [4.69, 9.17) is 16.6 Å². The van der Waals surface area contributed by atoms with Crippen LogP contribution in [0.4, 0.5) is 0 Å². The Labute approximate surface area is 76.6 Å². The highest BCUT2D eigenvalue weighted by atomic mass is 32.1. The van der Waals surface area contributed by atoms with Crippen molar-refractivity contribution in [2.45, 2.75) is 19.4 Å². The molecule has 0 aliphatic carbocycles. The number of hydrogen-bond donors (Lipinski definition) is 1. The molecule has 5 heteroatoms. The average molecular weight is 187 g/mol. The molecule has 0 spiro atoms. The highest BCUT2D eigenvalue weighted by Gasteiger charge is 2.16. The fourth-order valence-electron chi connectivity index (χ4n) is 1.14. The molecule has 0 fully saturated rings. The van der Waals surface area contributed by atoms with Gasteiger partial charge in [0.1, 0.15) is 0 Å². The van der Waals surface area contributed by atoms with E-state index in [2.05, 4.69) is 22.0 Å². The van der Waals surface area contributed by atoms with E-state index < -0.39 is 0 Å². The molecule has 1 aromatic rings. The molecule has 0 radical (unpaired) electrons. The molecule has 0 aromatic carbocycles. The summed E-state index contributed by atoms with van der Waals surface area (Å²) in [6, 6.07) is 0.206. The molecular weight excluding hydrogens is 174 g/mol. The van der Waals surface area contributed by atoms with Crippen LogP contribution in [0.3, 0.4) is 0 Å². The normalized spacial score (nSPS) is 13.7. The molecule has 1 atom stereocenters. The van der Waals surface area contributed by atoms with Crippen molar-refractivity contribution < 1.29 is 4.42 Å². The van der Waals surface area contributed by atoms with Crippen LogP contribution in [-0.4, -0.2) is 29.2 Å². The quantitative estimate of drug-likeness (QED) is 0.732. The van der Waals surface area contributed by atoms with Gasteiger partial charge in [-0.05, 0) is 32.7 Å². The van der Waals surface area contributed by atoms with Gasteiger partial charge in [0.2, 0.25) is 5.89 Å². The first-order valence-corrected chi connectivity index (χ1v) is 4.27. The van der Waals surface area contributed by atoms with Crippen molar-refractivity contribution in [1.29, 1.82) is 0 Å². The average Bonchev–Trinajstić information content (AvgIpc) is 2.37. The summed E-state index contributed by atoms with van der Waals surface area (Å²) >= 11 is 4.78. The summed E-state index contributed by atoms with van der Waals surface area (Å²) in [5, 5.41) is 6.58. The molecule has 1 rings (SSSR count). The van der Waals surface area contributed by atoms with Gasteiger partial charge in [0, 0.05) is 0 Å². The fraction of sp³-hybridized carbons (Fsp3) is 0.714. The van der Waals surface area contributed by atoms with E-state index in [1.165, 1.54) is 0 Å². The van der Waals surface area contributed by atoms with Crippen molar-refractivity contribution in [1.82, 2.24) is 15.1 Å². The van der Waals surface area contributed by atoms with Crippen molar-refractivity contribution in [2.75, 3.05) is 14.1 Å². The lowest BCUT2D eigenvalue weighted by Gasteiger charge is -2.18. The van der Waals surface area contributed by atoms with Gasteiger partial charge >= 0.3 is 0 Å². The van der Waals surface area contributed by atoms with Gasteiger partial charge in [-0.2, -0.15) is 0 Å². The number of aromatic amines is 1. The Hall–Kier alpha value is -0.680. The van der Waals surface area contributed by atoms with Gasteiger partial charge in [-0.15, -0.1) is 5.10 Å². The van der Waals surface area contributed by atoms with Gasteiger partial charge in [0.25, 0.3) is 4.84 Å². The van der Waals surface area contributed by atoms with Crippen LogP contribution < -0.4 is 0 Å². The molecule has 68 valence electrons. The lowest BCUT2D eigenvalue weighted by molar-refractivity contribution is 0.242. The summed E-state index contributed by atoms with van der Waals surface area (Å²) in [5.41, 5.74) is 0. The molecule has 0 amide bonds. The number of nitrogens with zero attached hydrogens (tertiary/aromatic N) is 2. The zero-order chi connectivity index (χ0) is 9.14. The van der Waals surface area contributed by atoms with Crippen LogP contribution in [0, 0.1) is 4.84 Å². The summed E-state index contributed by atoms with van der Waals surface area (Å²) in [6.45, 7) is 2.08. The lowest BCUT2D eigenvalue weighted by atomic mass is 10.2. The van der Waals surface area contributed by atoms with Crippen LogP contribution in [0.1, 0.15) is 25.3 Å². The Morgan fingerprint density at radius 2 is 2.33 bits per heavy atom. The topological polar surface area (TPSA) is 45.1 Å². The molecule has 1 unspecified atom stereocenters. The van der Waals surface area contributed by atoms with Gasteiger partial charge in [-0.25, -0.2) is 5.10 Å². The van der Waals surface area contributed by atoms with Crippen LogP contribution in [0.5, 0.6) is 0 Å². The highest BCUT2D eigenvalue weighted by molar-refractivity contribution is 7.71. The zero-order valence-electron chi connectivity index (χ0n) is 7.50. The second kappa shape index (κ2) is 3.82. The number of aromatic nitrogens is 2. The summed E-state index contributed by atoms with van der Waals surface area (Å²) in [6.07, 6.45) is 0.954. The molecular formula is C7H13N3OS. The highest BCUT2D eigenvalue weighted by Crippen LogP contribution is 2.18. The van der Waals surface area contributed by atoms with Gasteiger partial charge in [-0.1, -0.05) is 6.92 Å². The first-order valence-electron chi connectivity index (χ1n) is 3.87. The third-order valence-corrected chi connectivity index (χ3v) is 1.92. The molecule has 0 aliphatic heterocycles. The Kier molecular flexibility index (Phi) is 2.99. The Balaban J connectivity index is 2.87. The van der Waals surface area contributed by atoms with Crippen LogP contribution in [0.2, 0.25) is 0 Å². The lowest BCUT2D eigenvalue weighted by Crippen LogP contribution is -2.19. The van der Waals surface area contributed by atoms with Crippen molar-refractivity contribution in [3.63, 3.8) is 0 Å². The molecule has 1 heterocycles. The predicted molar refractivity (Wildman–Crippen MR) is 48.4 cm³/mol. The van der Waals surface area contributed by atoms with Crippen molar-refractivity contribution in [3.8, 4) is 0 Å². The number of hydrogen-bond acceptors (Lipinski definition) is 4. The second-order valence-corrected chi connectivity index (χ2v) is 3.21. The third-order valence-electron chi connectivity index (χ3n) is 1.75. The fourth-order valence-corrected chi connectivity index (χ4v) is 1.28. The summed E-state index contributed by atoms with van der Waals surface area (Å²) < 4.78 is 5.20. The minimum absolute atomic E-state index is 0.206. The van der Waals surface area contributed by atoms with Crippen LogP contribution in [0.25, 0.3) is 0 Å². The van der Waals surface area contributed by atoms with Crippen LogP contribution >= 0.6 is 12.2 Å². The van der Waals surface area contributed by atoms with Crippen LogP contribution in [0.15, 0.2) is 4.42 Å².